The summed E-state index contributed by atoms with van der Waals surface area (Å²) in [4.78, 5) is 4.35. The molecule has 0 bridgehead atoms. The van der Waals surface area contributed by atoms with E-state index in [0.717, 1.165) is 36.6 Å². The molecule has 1 aromatic heterocycles. The van der Waals surface area contributed by atoms with Crippen molar-refractivity contribution in [2.75, 3.05) is 6.54 Å². The van der Waals surface area contributed by atoms with Crippen molar-refractivity contribution >= 4 is 11.3 Å². The summed E-state index contributed by atoms with van der Waals surface area (Å²) in [6.45, 7) is 3.83. The number of hydrogen-bond acceptors (Lipinski definition) is 4. The molecule has 0 aromatic carbocycles. The van der Waals surface area contributed by atoms with E-state index in [1.54, 1.807) is 11.3 Å². The van der Waals surface area contributed by atoms with Crippen LogP contribution in [0.25, 0.3) is 0 Å². The Balaban J connectivity index is 2.02. The average molecular weight is 209 g/mol. The highest BCUT2D eigenvalue weighted by Gasteiger charge is 1.96. The highest BCUT2D eigenvalue weighted by Crippen LogP contribution is 2.07. The topological polar surface area (TPSA) is 48.7 Å². The zero-order chi connectivity index (χ0) is 10.2. The molecule has 1 rings (SSSR count). The van der Waals surface area contributed by atoms with Crippen LogP contribution in [0.15, 0.2) is 5.38 Å². The SMILES string of the molecule is Cc1nc(CNCCCCC#N)cs1. The molecule has 4 heteroatoms. The van der Waals surface area contributed by atoms with Crippen LogP contribution in [0.3, 0.4) is 0 Å². The molecular formula is C10H15N3S. The van der Waals surface area contributed by atoms with Gasteiger partial charge in [0, 0.05) is 18.3 Å². The predicted octanol–water partition coefficient (Wildman–Crippen LogP) is 2.24. The van der Waals surface area contributed by atoms with Crippen molar-refractivity contribution in [2.45, 2.75) is 32.7 Å². The Labute approximate surface area is 88.8 Å². The largest absolute Gasteiger partial charge is 0.311 e. The molecule has 14 heavy (non-hydrogen) atoms. The second-order valence-electron chi connectivity index (χ2n) is 3.15. The minimum atomic E-state index is 0.664. The van der Waals surface area contributed by atoms with Gasteiger partial charge in [-0.25, -0.2) is 4.98 Å². The van der Waals surface area contributed by atoms with E-state index in [1.807, 2.05) is 6.92 Å². The second-order valence-corrected chi connectivity index (χ2v) is 4.21. The molecule has 0 unspecified atom stereocenters. The first-order valence-electron chi connectivity index (χ1n) is 4.81. The lowest BCUT2D eigenvalue weighted by molar-refractivity contribution is 0.623. The number of aromatic nitrogens is 1. The van der Waals surface area contributed by atoms with Gasteiger partial charge in [0.1, 0.15) is 0 Å². The summed E-state index contributed by atoms with van der Waals surface area (Å²) in [7, 11) is 0. The lowest BCUT2D eigenvalue weighted by Crippen LogP contribution is -2.14. The quantitative estimate of drug-likeness (QED) is 0.731. The summed E-state index contributed by atoms with van der Waals surface area (Å²) < 4.78 is 0. The Morgan fingerprint density at radius 3 is 3.07 bits per heavy atom. The van der Waals surface area contributed by atoms with Gasteiger partial charge in [-0.2, -0.15) is 5.26 Å². The van der Waals surface area contributed by atoms with Crippen LogP contribution < -0.4 is 5.32 Å². The van der Waals surface area contributed by atoms with E-state index in [2.05, 4.69) is 21.8 Å². The van der Waals surface area contributed by atoms with E-state index < -0.39 is 0 Å². The Bertz CT molecular complexity index is 301. The van der Waals surface area contributed by atoms with Gasteiger partial charge in [0.05, 0.1) is 16.8 Å². The van der Waals surface area contributed by atoms with Gasteiger partial charge in [-0.3, -0.25) is 0 Å². The molecule has 0 fully saturated rings. The molecule has 0 spiro atoms. The van der Waals surface area contributed by atoms with Crippen LogP contribution in [-0.4, -0.2) is 11.5 Å². The zero-order valence-electron chi connectivity index (χ0n) is 8.42. The van der Waals surface area contributed by atoms with E-state index in [9.17, 15) is 0 Å². The van der Waals surface area contributed by atoms with Crippen molar-refractivity contribution in [1.82, 2.24) is 10.3 Å². The van der Waals surface area contributed by atoms with Crippen LogP contribution in [0.2, 0.25) is 0 Å². The van der Waals surface area contributed by atoms with Crippen molar-refractivity contribution in [3.8, 4) is 6.07 Å². The molecule has 0 amide bonds. The number of thiazole rings is 1. The van der Waals surface area contributed by atoms with Gasteiger partial charge in [0.2, 0.25) is 0 Å². The monoisotopic (exact) mass is 209 g/mol. The summed E-state index contributed by atoms with van der Waals surface area (Å²) in [6, 6.07) is 2.14. The summed E-state index contributed by atoms with van der Waals surface area (Å²) in [5.74, 6) is 0. The van der Waals surface area contributed by atoms with Gasteiger partial charge in [-0.05, 0) is 26.3 Å². The standard InChI is InChI=1S/C10H15N3S/c1-9-13-10(8-14-9)7-12-6-4-2-3-5-11/h8,12H,2-4,6-7H2,1H3. The Morgan fingerprint density at radius 2 is 2.43 bits per heavy atom. The molecule has 0 atom stereocenters. The molecule has 3 nitrogen and oxygen atoms in total. The third kappa shape index (κ3) is 4.35. The number of rotatable bonds is 6. The van der Waals surface area contributed by atoms with Crippen molar-refractivity contribution < 1.29 is 0 Å². The van der Waals surface area contributed by atoms with Gasteiger partial charge in [-0.1, -0.05) is 0 Å². The summed E-state index contributed by atoms with van der Waals surface area (Å²) in [5, 5.41) is 14.8. The van der Waals surface area contributed by atoms with Crippen molar-refractivity contribution in [2.24, 2.45) is 0 Å². The van der Waals surface area contributed by atoms with E-state index in [0.29, 0.717) is 6.42 Å². The number of aryl methyl sites for hydroxylation is 1. The average Bonchev–Trinajstić information content (AvgIpc) is 2.58. The molecule has 0 aliphatic carbocycles. The zero-order valence-corrected chi connectivity index (χ0v) is 9.23. The minimum absolute atomic E-state index is 0.664. The highest BCUT2D eigenvalue weighted by atomic mass is 32.1. The molecular weight excluding hydrogens is 194 g/mol. The van der Waals surface area contributed by atoms with Crippen LogP contribution in [0.1, 0.15) is 30.0 Å². The number of hydrogen-bond donors (Lipinski definition) is 1. The van der Waals surface area contributed by atoms with E-state index in [1.165, 1.54) is 0 Å². The maximum absolute atomic E-state index is 8.32. The normalized spacial score (nSPS) is 10.0. The molecule has 1 heterocycles. The van der Waals surface area contributed by atoms with Crippen LogP contribution in [0.5, 0.6) is 0 Å². The fourth-order valence-electron chi connectivity index (χ4n) is 1.16. The van der Waals surface area contributed by atoms with Crippen LogP contribution in [-0.2, 0) is 6.54 Å². The predicted molar refractivity (Wildman–Crippen MR) is 58.0 cm³/mol. The van der Waals surface area contributed by atoms with E-state index in [-0.39, 0.29) is 0 Å². The molecule has 0 aliphatic rings. The molecule has 1 N–H and O–H groups in total. The summed E-state index contributed by atoms with van der Waals surface area (Å²) in [6.07, 6.45) is 2.72. The third-order valence-electron chi connectivity index (χ3n) is 1.86. The minimum Gasteiger partial charge on any atom is -0.311 e. The van der Waals surface area contributed by atoms with Crippen molar-refractivity contribution in [1.29, 1.82) is 5.26 Å². The van der Waals surface area contributed by atoms with Crippen LogP contribution in [0.4, 0.5) is 0 Å². The fraction of sp³-hybridized carbons (Fsp3) is 0.600. The smallest absolute Gasteiger partial charge is 0.0897 e. The molecule has 1 aromatic rings. The molecule has 0 saturated carbocycles. The van der Waals surface area contributed by atoms with E-state index >= 15 is 0 Å². The lowest BCUT2D eigenvalue weighted by atomic mass is 10.2. The van der Waals surface area contributed by atoms with Crippen molar-refractivity contribution in [3.05, 3.63) is 16.1 Å². The van der Waals surface area contributed by atoms with Gasteiger partial charge in [0.15, 0.2) is 0 Å². The Hall–Kier alpha value is -0.920. The Kier molecular flexibility index (Phi) is 5.20. The van der Waals surface area contributed by atoms with Gasteiger partial charge < -0.3 is 5.32 Å². The molecule has 76 valence electrons. The first-order chi connectivity index (χ1) is 6.83. The molecule has 0 radical (unpaired) electrons. The first kappa shape index (κ1) is 11.2. The maximum atomic E-state index is 8.32. The Morgan fingerprint density at radius 1 is 1.57 bits per heavy atom. The van der Waals surface area contributed by atoms with Crippen LogP contribution >= 0.6 is 11.3 Å². The summed E-state index contributed by atoms with van der Waals surface area (Å²) in [5.41, 5.74) is 1.12. The number of nitrogens with zero attached hydrogens (tertiary/aromatic N) is 2. The number of nitrogens with one attached hydrogen (secondary N) is 1. The van der Waals surface area contributed by atoms with E-state index in [4.69, 9.17) is 5.26 Å². The maximum Gasteiger partial charge on any atom is 0.0897 e. The number of nitriles is 1. The third-order valence-corrected chi connectivity index (χ3v) is 2.69. The second kappa shape index (κ2) is 6.52. The highest BCUT2D eigenvalue weighted by molar-refractivity contribution is 7.09. The summed E-state index contributed by atoms with van der Waals surface area (Å²) >= 11 is 1.68. The lowest BCUT2D eigenvalue weighted by Gasteiger charge is -2.00. The van der Waals surface area contributed by atoms with Crippen LogP contribution in [0, 0.1) is 18.3 Å². The fourth-order valence-corrected chi connectivity index (χ4v) is 1.77. The molecule has 0 saturated heterocycles. The molecule has 0 aliphatic heterocycles. The van der Waals surface area contributed by atoms with Gasteiger partial charge >= 0.3 is 0 Å². The van der Waals surface area contributed by atoms with Gasteiger partial charge in [-0.15, -0.1) is 11.3 Å². The number of unbranched alkanes of at least 4 members (excludes halogenated alkanes) is 2. The first-order valence-corrected chi connectivity index (χ1v) is 5.69. The van der Waals surface area contributed by atoms with Crippen molar-refractivity contribution in [3.63, 3.8) is 0 Å². The van der Waals surface area contributed by atoms with Gasteiger partial charge in [0.25, 0.3) is 0 Å².